The Morgan fingerprint density at radius 1 is 1.36 bits per heavy atom. The van der Waals surface area contributed by atoms with Gasteiger partial charge in [0.2, 0.25) is 0 Å². The van der Waals surface area contributed by atoms with E-state index in [1.54, 1.807) is 18.4 Å². The Bertz CT molecular complexity index is 695. The van der Waals surface area contributed by atoms with E-state index in [1.807, 2.05) is 18.4 Å². The Labute approximate surface area is 165 Å². The number of carbonyl (C=O) groups is 2. The minimum atomic E-state index is -5.08. The number of nitrogens with zero attached hydrogens (tertiary/aromatic N) is 2. The van der Waals surface area contributed by atoms with E-state index >= 15 is 0 Å². The van der Waals surface area contributed by atoms with Crippen LogP contribution >= 0.6 is 11.3 Å². The smallest absolute Gasteiger partial charge is 0.475 e. The third kappa shape index (κ3) is 5.03. The number of aryl methyl sites for hydroxylation is 1. The summed E-state index contributed by atoms with van der Waals surface area (Å²) in [7, 11) is 1.80. The molecule has 0 saturated carbocycles. The zero-order chi connectivity index (χ0) is 21.1. The number of likely N-dealkylation sites (tertiary alicyclic amines) is 2. The number of alkyl halides is 3. The highest BCUT2D eigenvalue weighted by Gasteiger charge is 2.46. The van der Waals surface area contributed by atoms with Crippen molar-refractivity contribution in [2.24, 2.45) is 5.92 Å². The Balaban J connectivity index is 0.000000345. The van der Waals surface area contributed by atoms with Gasteiger partial charge in [0.15, 0.2) is 0 Å². The highest BCUT2D eigenvalue weighted by molar-refractivity contribution is 7.12. The van der Waals surface area contributed by atoms with Gasteiger partial charge in [-0.1, -0.05) is 6.92 Å². The highest BCUT2D eigenvalue weighted by atomic mass is 32.1. The molecule has 2 aliphatic rings. The molecule has 0 bridgehead atoms. The number of carboxylic acids is 1. The lowest BCUT2D eigenvalue weighted by Crippen LogP contribution is -2.53. The molecule has 0 spiro atoms. The first-order valence-corrected chi connectivity index (χ1v) is 9.88. The molecule has 0 aromatic carbocycles. The second kappa shape index (κ2) is 9.23. The van der Waals surface area contributed by atoms with Crippen molar-refractivity contribution in [1.82, 2.24) is 9.80 Å². The van der Waals surface area contributed by atoms with E-state index in [1.165, 1.54) is 0 Å². The molecule has 1 N–H and O–H groups in total. The van der Waals surface area contributed by atoms with Crippen molar-refractivity contribution in [3.63, 3.8) is 0 Å². The summed E-state index contributed by atoms with van der Waals surface area (Å²) in [5, 5.41) is 9.13. The third-order valence-electron chi connectivity index (χ3n) is 5.25. The molecule has 2 fully saturated rings. The first-order valence-electron chi connectivity index (χ1n) is 9.00. The number of methoxy groups -OCH3 is 1. The zero-order valence-corrected chi connectivity index (χ0v) is 16.8. The van der Waals surface area contributed by atoms with Crippen LogP contribution in [0.25, 0.3) is 0 Å². The predicted octanol–water partition coefficient (Wildman–Crippen LogP) is 2.87. The van der Waals surface area contributed by atoms with Crippen LogP contribution in [0.2, 0.25) is 0 Å². The summed E-state index contributed by atoms with van der Waals surface area (Å²) < 4.78 is 37.4. The first-order chi connectivity index (χ1) is 13.1. The maximum absolute atomic E-state index is 12.9. The van der Waals surface area contributed by atoms with Gasteiger partial charge in [-0.2, -0.15) is 13.2 Å². The number of fused-ring (bicyclic) bond motifs is 1. The number of amides is 1. The monoisotopic (exact) mass is 422 g/mol. The van der Waals surface area contributed by atoms with Gasteiger partial charge in [0.25, 0.3) is 5.91 Å². The van der Waals surface area contributed by atoms with Crippen LogP contribution in [0.1, 0.15) is 28.6 Å². The Morgan fingerprint density at radius 2 is 2.00 bits per heavy atom. The third-order valence-corrected chi connectivity index (χ3v) is 6.26. The standard InChI is InChI=1S/C16H24N2O2S.C2HF3O2/c1-4-17-9-12-13(10-17)18(7-5-14(12)20-3)16(19)15-11(2)6-8-21-15;3-2(4,5)1(6)7/h6,8,12-14H,4-5,7,9-10H2,1-3H3;(H,6,7)/t12-,13+,14+;/m0./s1. The van der Waals surface area contributed by atoms with E-state index in [2.05, 4.69) is 16.7 Å². The molecule has 3 atom stereocenters. The van der Waals surface area contributed by atoms with Crippen LogP contribution in [0.15, 0.2) is 11.4 Å². The molecular formula is C18H25F3N2O4S. The molecule has 0 aliphatic carbocycles. The first kappa shape index (κ1) is 22.6. The number of aliphatic carboxylic acids is 1. The number of carboxylic acid groups (broad SMARTS) is 1. The number of hydrogen-bond donors (Lipinski definition) is 1. The van der Waals surface area contributed by atoms with E-state index in [9.17, 15) is 18.0 Å². The van der Waals surface area contributed by atoms with Gasteiger partial charge >= 0.3 is 12.1 Å². The van der Waals surface area contributed by atoms with E-state index in [0.29, 0.717) is 18.1 Å². The lowest BCUT2D eigenvalue weighted by atomic mass is 9.89. The van der Waals surface area contributed by atoms with Crippen molar-refractivity contribution < 1.29 is 32.6 Å². The number of carbonyl (C=O) groups excluding carboxylic acids is 1. The maximum Gasteiger partial charge on any atom is 0.490 e. The van der Waals surface area contributed by atoms with Crippen molar-refractivity contribution in [3.8, 4) is 0 Å². The predicted molar refractivity (Wildman–Crippen MR) is 98.6 cm³/mol. The summed E-state index contributed by atoms with van der Waals surface area (Å²) in [5.41, 5.74) is 1.10. The van der Waals surface area contributed by atoms with Crippen molar-refractivity contribution in [2.75, 3.05) is 33.3 Å². The average molecular weight is 422 g/mol. The molecule has 0 unspecified atom stereocenters. The second-order valence-electron chi connectivity index (χ2n) is 6.88. The Morgan fingerprint density at radius 3 is 2.46 bits per heavy atom. The number of halogens is 3. The number of hydrogen-bond acceptors (Lipinski definition) is 5. The van der Waals surface area contributed by atoms with E-state index in [4.69, 9.17) is 14.6 Å². The molecule has 3 rings (SSSR count). The average Bonchev–Trinajstić information content (AvgIpc) is 3.26. The van der Waals surface area contributed by atoms with Crippen LogP contribution in [0.3, 0.4) is 0 Å². The minimum Gasteiger partial charge on any atom is -0.475 e. The molecule has 3 heterocycles. The number of rotatable bonds is 3. The number of thiophene rings is 1. The fraction of sp³-hybridized carbons (Fsp3) is 0.667. The summed E-state index contributed by atoms with van der Waals surface area (Å²) >= 11 is 1.56. The summed E-state index contributed by atoms with van der Waals surface area (Å²) in [6.45, 7) is 8.10. The van der Waals surface area contributed by atoms with Gasteiger partial charge in [-0.15, -0.1) is 11.3 Å². The molecule has 6 nitrogen and oxygen atoms in total. The Kier molecular flexibility index (Phi) is 7.46. The molecular weight excluding hydrogens is 397 g/mol. The van der Waals surface area contributed by atoms with Crippen molar-refractivity contribution in [2.45, 2.75) is 38.6 Å². The van der Waals surface area contributed by atoms with Crippen LogP contribution < -0.4 is 0 Å². The summed E-state index contributed by atoms with van der Waals surface area (Å²) in [4.78, 5) is 27.2. The molecule has 0 radical (unpaired) electrons. The number of ether oxygens (including phenoxy) is 1. The molecule has 1 aromatic rings. The van der Waals surface area contributed by atoms with Crippen LogP contribution in [0.4, 0.5) is 13.2 Å². The van der Waals surface area contributed by atoms with Crippen molar-refractivity contribution >= 4 is 23.2 Å². The molecule has 1 amide bonds. The lowest BCUT2D eigenvalue weighted by Gasteiger charge is -2.41. The fourth-order valence-electron chi connectivity index (χ4n) is 3.76. The Hall–Kier alpha value is -1.65. The van der Waals surface area contributed by atoms with Crippen LogP contribution in [-0.4, -0.2) is 78.4 Å². The van der Waals surface area contributed by atoms with Gasteiger partial charge in [-0.25, -0.2) is 4.79 Å². The van der Waals surface area contributed by atoms with E-state index < -0.39 is 12.1 Å². The number of piperidine rings is 1. The normalized spacial score (nSPS) is 25.1. The summed E-state index contributed by atoms with van der Waals surface area (Å²) in [6.07, 6.45) is -3.84. The highest BCUT2D eigenvalue weighted by Crippen LogP contribution is 2.34. The van der Waals surface area contributed by atoms with Gasteiger partial charge in [0, 0.05) is 32.7 Å². The maximum atomic E-state index is 12.9. The van der Waals surface area contributed by atoms with E-state index in [0.717, 1.165) is 43.0 Å². The topological polar surface area (TPSA) is 70.1 Å². The molecule has 158 valence electrons. The SMILES string of the molecule is CCN1C[C@H]2[C@@H](C1)N(C(=O)c1sccc1C)CC[C@H]2OC.O=C(O)C(F)(F)F. The van der Waals surface area contributed by atoms with Crippen LogP contribution in [-0.2, 0) is 9.53 Å². The lowest BCUT2D eigenvalue weighted by molar-refractivity contribution is -0.192. The number of likely N-dealkylation sites (N-methyl/N-ethyl adjacent to an activating group) is 1. The molecule has 1 aromatic heterocycles. The second-order valence-corrected chi connectivity index (χ2v) is 7.80. The summed E-state index contributed by atoms with van der Waals surface area (Å²) in [5.74, 6) is -2.09. The van der Waals surface area contributed by atoms with Gasteiger partial charge in [0.1, 0.15) is 0 Å². The van der Waals surface area contributed by atoms with Gasteiger partial charge in [0.05, 0.1) is 17.0 Å². The molecule has 2 saturated heterocycles. The molecule has 2 aliphatic heterocycles. The van der Waals surface area contributed by atoms with Crippen molar-refractivity contribution in [1.29, 1.82) is 0 Å². The van der Waals surface area contributed by atoms with Gasteiger partial charge < -0.3 is 19.6 Å². The zero-order valence-electron chi connectivity index (χ0n) is 16.0. The van der Waals surface area contributed by atoms with E-state index in [-0.39, 0.29) is 5.91 Å². The molecule has 28 heavy (non-hydrogen) atoms. The summed E-state index contributed by atoms with van der Waals surface area (Å²) in [6, 6.07) is 2.34. The van der Waals surface area contributed by atoms with Gasteiger partial charge in [-0.05, 0) is 36.9 Å². The van der Waals surface area contributed by atoms with Crippen molar-refractivity contribution in [3.05, 3.63) is 21.9 Å². The largest absolute Gasteiger partial charge is 0.490 e. The minimum absolute atomic E-state index is 0.213. The quantitative estimate of drug-likeness (QED) is 0.811. The molecule has 10 heteroatoms. The van der Waals surface area contributed by atoms with Gasteiger partial charge in [-0.3, -0.25) is 4.79 Å². The van der Waals surface area contributed by atoms with Crippen LogP contribution in [0, 0.1) is 12.8 Å². The van der Waals surface area contributed by atoms with Crippen LogP contribution in [0.5, 0.6) is 0 Å². The fourth-order valence-corrected chi connectivity index (χ4v) is 4.64.